The van der Waals surface area contributed by atoms with Crippen molar-refractivity contribution >= 4 is 17.5 Å². The van der Waals surface area contributed by atoms with Gasteiger partial charge < -0.3 is 14.7 Å². The SMILES string of the molecule is CCN(CC(=O)N1CCC(C(=O)N2CCCCCC2)CC1)c1ccc(F)c(F)c1. The van der Waals surface area contributed by atoms with Crippen molar-refractivity contribution in [2.75, 3.05) is 44.2 Å². The lowest BCUT2D eigenvalue weighted by atomic mass is 9.95. The number of nitrogens with zero attached hydrogens (tertiary/aromatic N) is 3. The van der Waals surface area contributed by atoms with Crippen LogP contribution in [0.5, 0.6) is 0 Å². The van der Waals surface area contributed by atoms with Gasteiger partial charge in [-0.15, -0.1) is 0 Å². The van der Waals surface area contributed by atoms with E-state index in [2.05, 4.69) is 0 Å². The van der Waals surface area contributed by atoms with Crippen LogP contribution in [0.3, 0.4) is 0 Å². The average molecular weight is 408 g/mol. The molecule has 2 amide bonds. The van der Waals surface area contributed by atoms with E-state index in [1.54, 1.807) is 9.80 Å². The molecule has 2 aliphatic rings. The van der Waals surface area contributed by atoms with E-state index in [9.17, 15) is 18.4 Å². The molecule has 2 aliphatic heterocycles. The summed E-state index contributed by atoms with van der Waals surface area (Å²) < 4.78 is 26.7. The quantitative estimate of drug-likeness (QED) is 0.751. The van der Waals surface area contributed by atoms with Gasteiger partial charge in [0.2, 0.25) is 11.8 Å². The fourth-order valence-corrected chi connectivity index (χ4v) is 4.26. The number of anilines is 1. The van der Waals surface area contributed by atoms with Gasteiger partial charge in [-0.05, 0) is 44.7 Å². The van der Waals surface area contributed by atoms with Crippen LogP contribution in [0.25, 0.3) is 0 Å². The van der Waals surface area contributed by atoms with Gasteiger partial charge in [0, 0.05) is 50.4 Å². The maximum atomic E-state index is 13.5. The van der Waals surface area contributed by atoms with Crippen LogP contribution >= 0.6 is 0 Å². The molecule has 1 aromatic carbocycles. The third-order valence-electron chi connectivity index (χ3n) is 6.09. The Hall–Kier alpha value is -2.18. The van der Waals surface area contributed by atoms with Crippen molar-refractivity contribution < 1.29 is 18.4 Å². The van der Waals surface area contributed by atoms with Gasteiger partial charge in [0.25, 0.3) is 0 Å². The summed E-state index contributed by atoms with van der Waals surface area (Å²) in [6.07, 6.45) is 5.95. The molecule has 7 heteroatoms. The third-order valence-corrected chi connectivity index (χ3v) is 6.09. The molecule has 0 saturated carbocycles. The predicted molar refractivity (Wildman–Crippen MR) is 109 cm³/mol. The van der Waals surface area contributed by atoms with Crippen molar-refractivity contribution in [1.29, 1.82) is 0 Å². The largest absolute Gasteiger partial charge is 0.362 e. The van der Waals surface area contributed by atoms with Crippen LogP contribution in [0.1, 0.15) is 45.4 Å². The molecule has 2 heterocycles. The van der Waals surface area contributed by atoms with E-state index < -0.39 is 11.6 Å². The minimum absolute atomic E-state index is 0.00521. The first-order valence-corrected chi connectivity index (χ1v) is 10.8. The van der Waals surface area contributed by atoms with Gasteiger partial charge in [0.15, 0.2) is 11.6 Å². The summed E-state index contributed by atoms with van der Waals surface area (Å²) in [6, 6.07) is 3.69. The molecule has 2 fully saturated rings. The molecular weight excluding hydrogens is 376 g/mol. The smallest absolute Gasteiger partial charge is 0.242 e. The Balaban J connectivity index is 1.52. The highest BCUT2D eigenvalue weighted by atomic mass is 19.2. The van der Waals surface area contributed by atoms with E-state index in [0.29, 0.717) is 38.2 Å². The first-order chi connectivity index (χ1) is 14.0. The Morgan fingerprint density at radius 2 is 1.62 bits per heavy atom. The van der Waals surface area contributed by atoms with Crippen molar-refractivity contribution in [3.05, 3.63) is 29.8 Å². The van der Waals surface area contributed by atoms with E-state index in [0.717, 1.165) is 38.1 Å². The van der Waals surface area contributed by atoms with Crippen LogP contribution in [0.4, 0.5) is 14.5 Å². The van der Waals surface area contributed by atoms with Gasteiger partial charge in [-0.2, -0.15) is 0 Å². The molecule has 0 atom stereocenters. The molecule has 160 valence electrons. The van der Waals surface area contributed by atoms with E-state index >= 15 is 0 Å². The van der Waals surface area contributed by atoms with Crippen molar-refractivity contribution in [3.8, 4) is 0 Å². The number of amides is 2. The second-order valence-corrected chi connectivity index (χ2v) is 8.01. The number of hydrogen-bond acceptors (Lipinski definition) is 3. The zero-order valence-electron chi connectivity index (χ0n) is 17.2. The first-order valence-electron chi connectivity index (χ1n) is 10.8. The lowest BCUT2D eigenvalue weighted by Gasteiger charge is -2.35. The Bertz CT molecular complexity index is 712. The second kappa shape index (κ2) is 10.0. The van der Waals surface area contributed by atoms with Gasteiger partial charge in [0.1, 0.15) is 0 Å². The molecule has 29 heavy (non-hydrogen) atoms. The zero-order valence-corrected chi connectivity index (χ0v) is 17.2. The highest BCUT2D eigenvalue weighted by Gasteiger charge is 2.30. The second-order valence-electron chi connectivity index (χ2n) is 8.01. The van der Waals surface area contributed by atoms with Crippen LogP contribution in [0, 0.1) is 17.6 Å². The molecule has 0 N–H and O–H groups in total. The summed E-state index contributed by atoms with van der Waals surface area (Å²) in [5.41, 5.74) is 0.492. The molecule has 3 rings (SSSR count). The lowest BCUT2D eigenvalue weighted by molar-refractivity contribution is -0.140. The number of likely N-dealkylation sites (N-methyl/N-ethyl adjacent to an activating group) is 1. The molecule has 0 spiro atoms. The normalized spacial score (nSPS) is 18.4. The molecule has 5 nitrogen and oxygen atoms in total. The van der Waals surface area contributed by atoms with Crippen LogP contribution in [-0.4, -0.2) is 60.9 Å². The summed E-state index contributed by atoms with van der Waals surface area (Å²) in [5.74, 6) is -1.60. The van der Waals surface area contributed by atoms with E-state index in [1.165, 1.54) is 18.9 Å². The number of likely N-dealkylation sites (tertiary alicyclic amines) is 2. The van der Waals surface area contributed by atoms with Crippen molar-refractivity contribution in [1.82, 2.24) is 9.80 Å². The monoisotopic (exact) mass is 407 g/mol. The fraction of sp³-hybridized carbons (Fsp3) is 0.636. The van der Waals surface area contributed by atoms with Gasteiger partial charge in [-0.1, -0.05) is 12.8 Å². The highest BCUT2D eigenvalue weighted by Crippen LogP contribution is 2.23. The summed E-state index contributed by atoms with van der Waals surface area (Å²) in [4.78, 5) is 31.1. The van der Waals surface area contributed by atoms with Crippen molar-refractivity contribution in [3.63, 3.8) is 0 Å². The maximum absolute atomic E-state index is 13.5. The molecule has 0 aromatic heterocycles. The Labute approximate surface area is 171 Å². The summed E-state index contributed by atoms with van der Waals surface area (Å²) in [6.45, 7) is 5.36. The molecule has 0 radical (unpaired) electrons. The van der Waals surface area contributed by atoms with Gasteiger partial charge in [-0.25, -0.2) is 8.78 Å². The van der Waals surface area contributed by atoms with Crippen LogP contribution in [0.15, 0.2) is 18.2 Å². The maximum Gasteiger partial charge on any atom is 0.242 e. The van der Waals surface area contributed by atoms with E-state index in [-0.39, 0.29) is 24.3 Å². The Morgan fingerprint density at radius 3 is 2.21 bits per heavy atom. The predicted octanol–water partition coefficient (Wildman–Crippen LogP) is 3.43. The van der Waals surface area contributed by atoms with Crippen molar-refractivity contribution in [2.24, 2.45) is 5.92 Å². The van der Waals surface area contributed by atoms with Gasteiger partial charge >= 0.3 is 0 Å². The average Bonchev–Trinajstić information content (AvgIpc) is 3.03. The van der Waals surface area contributed by atoms with Gasteiger partial charge in [0.05, 0.1) is 6.54 Å². The topological polar surface area (TPSA) is 43.9 Å². The van der Waals surface area contributed by atoms with Gasteiger partial charge in [-0.3, -0.25) is 9.59 Å². The number of piperidine rings is 1. The number of carbonyl (C=O) groups excluding carboxylic acids is 2. The Kier molecular flexibility index (Phi) is 7.45. The molecule has 1 aromatic rings. The summed E-state index contributed by atoms with van der Waals surface area (Å²) in [5, 5.41) is 0. The molecular formula is C22H31F2N3O2. The molecule has 0 bridgehead atoms. The number of hydrogen-bond donors (Lipinski definition) is 0. The number of benzene rings is 1. The minimum Gasteiger partial charge on any atom is -0.362 e. The standard InChI is InChI=1S/C22H31F2N3O2/c1-2-25(18-7-8-19(23)20(24)15-18)16-21(28)26-13-9-17(10-14-26)22(29)27-11-5-3-4-6-12-27/h7-8,15,17H,2-6,9-14,16H2,1H3. The first kappa shape index (κ1) is 21.5. The fourth-order valence-electron chi connectivity index (χ4n) is 4.26. The van der Waals surface area contributed by atoms with Crippen LogP contribution in [0.2, 0.25) is 0 Å². The summed E-state index contributed by atoms with van der Waals surface area (Å²) in [7, 11) is 0. The number of rotatable bonds is 5. The van der Waals surface area contributed by atoms with Crippen LogP contribution in [-0.2, 0) is 9.59 Å². The minimum atomic E-state index is -0.916. The molecule has 2 saturated heterocycles. The van der Waals surface area contributed by atoms with E-state index in [4.69, 9.17) is 0 Å². The third kappa shape index (κ3) is 5.46. The van der Waals surface area contributed by atoms with Crippen LogP contribution < -0.4 is 4.90 Å². The molecule has 0 aliphatic carbocycles. The van der Waals surface area contributed by atoms with Crippen molar-refractivity contribution in [2.45, 2.75) is 45.4 Å². The number of carbonyl (C=O) groups is 2. The lowest BCUT2D eigenvalue weighted by Crippen LogP contribution is -2.47. The summed E-state index contributed by atoms with van der Waals surface area (Å²) >= 11 is 0. The van der Waals surface area contributed by atoms with E-state index in [1.807, 2.05) is 11.8 Å². The zero-order chi connectivity index (χ0) is 20.8. The highest BCUT2D eigenvalue weighted by molar-refractivity contribution is 5.83. The molecule has 0 unspecified atom stereocenters. The Morgan fingerprint density at radius 1 is 0.966 bits per heavy atom. The number of halogens is 2.